The molecule has 9 nitrogen and oxygen atoms in total. The number of aromatic nitrogens is 4. The summed E-state index contributed by atoms with van der Waals surface area (Å²) in [5, 5.41) is 15.2. The average molecular weight is 531 g/mol. The molecule has 1 aliphatic rings. The van der Waals surface area contributed by atoms with Crippen LogP contribution in [0, 0.1) is 0 Å². The van der Waals surface area contributed by atoms with E-state index in [0.29, 0.717) is 31.5 Å². The Morgan fingerprint density at radius 3 is 2.80 bits per heavy atom. The van der Waals surface area contributed by atoms with Crippen LogP contribution in [-0.4, -0.2) is 39.1 Å². The number of guanidine groups is 1. The third-order valence-corrected chi connectivity index (χ3v) is 5.51. The number of hydrogen-bond donors (Lipinski definition) is 2. The van der Waals surface area contributed by atoms with Crippen molar-refractivity contribution < 1.29 is 4.52 Å². The van der Waals surface area contributed by atoms with E-state index < -0.39 is 0 Å². The normalized spacial score (nSPS) is 13.8. The summed E-state index contributed by atoms with van der Waals surface area (Å²) in [6.45, 7) is 6.95. The highest BCUT2D eigenvalue weighted by molar-refractivity contribution is 14.0. The van der Waals surface area contributed by atoms with Gasteiger partial charge in [0.05, 0.1) is 12.2 Å². The second kappa shape index (κ2) is 12.1. The summed E-state index contributed by atoms with van der Waals surface area (Å²) in [6, 6.07) is 2.02. The van der Waals surface area contributed by atoms with E-state index in [-0.39, 0.29) is 29.7 Å². The molecule has 0 unspecified atom stereocenters. The Morgan fingerprint density at radius 1 is 1.30 bits per heavy atom. The van der Waals surface area contributed by atoms with Crippen LogP contribution in [0.1, 0.15) is 69.1 Å². The maximum absolute atomic E-state index is 12.3. The zero-order valence-electron chi connectivity index (χ0n) is 18.2. The molecule has 168 valence electrons. The lowest BCUT2D eigenvalue weighted by Gasteiger charge is -2.10. The van der Waals surface area contributed by atoms with Gasteiger partial charge in [0.1, 0.15) is 5.82 Å². The zero-order chi connectivity index (χ0) is 20.6. The van der Waals surface area contributed by atoms with Crippen molar-refractivity contribution in [3.8, 4) is 0 Å². The SMILES string of the molecule is CCC(CC)c1cc(CNC(=NC)NCCCn2nc3n(c2=O)CCCC3)on1.I. The molecule has 1 aliphatic heterocycles. The first-order valence-electron chi connectivity index (χ1n) is 10.7. The highest BCUT2D eigenvalue weighted by Crippen LogP contribution is 2.22. The summed E-state index contributed by atoms with van der Waals surface area (Å²) in [5.74, 6) is 2.86. The van der Waals surface area contributed by atoms with Gasteiger partial charge in [0.2, 0.25) is 0 Å². The Labute approximate surface area is 194 Å². The number of hydrogen-bond acceptors (Lipinski definition) is 5. The smallest absolute Gasteiger partial charge is 0.345 e. The molecule has 0 spiro atoms. The van der Waals surface area contributed by atoms with Crippen molar-refractivity contribution >= 4 is 29.9 Å². The Balaban J connectivity index is 0.00000320. The molecule has 30 heavy (non-hydrogen) atoms. The molecule has 2 aromatic rings. The molecular formula is C20H34IN7O2. The quantitative estimate of drug-likeness (QED) is 0.223. The number of rotatable bonds is 9. The van der Waals surface area contributed by atoms with Gasteiger partial charge in [-0.15, -0.1) is 24.0 Å². The summed E-state index contributed by atoms with van der Waals surface area (Å²) < 4.78 is 8.84. The molecule has 2 N–H and O–H groups in total. The minimum absolute atomic E-state index is 0. The van der Waals surface area contributed by atoms with E-state index >= 15 is 0 Å². The predicted molar refractivity (Wildman–Crippen MR) is 127 cm³/mol. The molecule has 0 saturated carbocycles. The standard InChI is InChI=1S/C20H33N7O2.HI/c1-4-15(5-2)17-13-16(29-25-17)14-23-19(21-3)22-10-8-12-27-20(28)26-11-7-6-9-18(26)24-27;/h13,15H,4-12,14H2,1-3H3,(H2,21,22,23);1H. The largest absolute Gasteiger partial charge is 0.359 e. The summed E-state index contributed by atoms with van der Waals surface area (Å²) in [6.07, 6.45) is 5.98. The van der Waals surface area contributed by atoms with Crippen LogP contribution in [0.4, 0.5) is 0 Å². The fourth-order valence-corrected chi connectivity index (χ4v) is 3.73. The summed E-state index contributed by atoms with van der Waals surface area (Å²) >= 11 is 0. The lowest BCUT2D eigenvalue weighted by molar-refractivity contribution is 0.368. The monoisotopic (exact) mass is 531 g/mol. The van der Waals surface area contributed by atoms with Crippen LogP contribution in [0.2, 0.25) is 0 Å². The van der Waals surface area contributed by atoms with Gasteiger partial charge < -0.3 is 15.2 Å². The maximum Gasteiger partial charge on any atom is 0.345 e. The highest BCUT2D eigenvalue weighted by atomic mass is 127. The van der Waals surface area contributed by atoms with Crippen LogP contribution in [0.15, 0.2) is 20.4 Å². The molecule has 0 amide bonds. The van der Waals surface area contributed by atoms with Crippen molar-refractivity contribution in [1.29, 1.82) is 0 Å². The summed E-state index contributed by atoms with van der Waals surface area (Å²) in [4.78, 5) is 16.6. The van der Waals surface area contributed by atoms with Crippen LogP contribution in [0.5, 0.6) is 0 Å². The molecule has 0 aromatic carbocycles. The van der Waals surface area contributed by atoms with Gasteiger partial charge in [-0.2, -0.15) is 5.10 Å². The fourth-order valence-electron chi connectivity index (χ4n) is 3.73. The third-order valence-electron chi connectivity index (χ3n) is 5.51. The van der Waals surface area contributed by atoms with Crippen molar-refractivity contribution in [3.63, 3.8) is 0 Å². The van der Waals surface area contributed by atoms with E-state index in [2.05, 4.69) is 39.7 Å². The molecule has 3 heterocycles. The van der Waals surface area contributed by atoms with Crippen LogP contribution in [0.3, 0.4) is 0 Å². The number of aliphatic imine (C=N–C) groups is 1. The lowest BCUT2D eigenvalue weighted by Crippen LogP contribution is -2.37. The van der Waals surface area contributed by atoms with E-state index in [1.165, 1.54) is 0 Å². The predicted octanol–water partition coefficient (Wildman–Crippen LogP) is 2.65. The van der Waals surface area contributed by atoms with Crippen molar-refractivity contribution in [2.24, 2.45) is 4.99 Å². The number of nitrogens with zero attached hydrogens (tertiary/aromatic N) is 5. The molecule has 0 aliphatic carbocycles. The summed E-state index contributed by atoms with van der Waals surface area (Å²) in [7, 11) is 1.74. The van der Waals surface area contributed by atoms with Gasteiger partial charge in [-0.25, -0.2) is 9.48 Å². The van der Waals surface area contributed by atoms with Gasteiger partial charge in [0.15, 0.2) is 11.7 Å². The van der Waals surface area contributed by atoms with Gasteiger partial charge >= 0.3 is 5.69 Å². The Hall–Kier alpha value is -1.85. The lowest BCUT2D eigenvalue weighted by atomic mass is 9.99. The minimum atomic E-state index is 0. The Morgan fingerprint density at radius 2 is 2.10 bits per heavy atom. The number of nitrogens with one attached hydrogen (secondary N) is 2. The molecule has 10 heteroatoms. The topological polar surface area (TPSA) is 102 Å². The van der Waals surface area contributed by atoms with Gasteiger partial charge in [-0.1, -0.05) is 19.0 Å². The van der Waals surface area contributed by atoms with Gasteiger partial charge in [-0.3, -0.25) is 9.56 Å². The van der Waals surface area contributed by atoms with Crippen molar-refractivity contribution in [2.75, 3.05) is 13.6 Å². The maximum atomic E-state index is 12.3. The first-order chi connectivity index (χ1) is 14.2. The van der Waals surface area contributed by atoms with E-state index in [1.54, 1.807) is 11.7 Å². The van der Waals surface area contributed by atoms with E-state index in [9.17, 15) is 4.79 Å². The van der Waals surface area contributed by atoms with Crippen LogP contribution < -0.4 is 16.3 Å². The van der Waals surface area contributed by atoms with E-state index in [1.807, 2.05) is 10.6 Å². The van der Waals surface area contributed by atoms with Gasteiger partial charge in [-0.05, 0) is 32.1 Å². The molecule has 3 rings (SSSR count). The molecule has 0 saturated heterocycles. The first-order valence-corrected chi connectivity index (χ1v) is 10.7. The number of aryl methyl sites for hydroxylation is 2. The molecule has 0 radical (unpaired) electrons. The average Bonchev–Trinajstić information content (AvgIpc) is 3.34. The van der Waals surface area contributed by atoms with Crippen LogP contribution in [0.25, 0.3) is 0 Å². The molecule has 0 bridgehead atoms. The fraction of sp³-hybridized carbons (Fsp3) is 0.700. The number of fused-ring (bicyclic) bond motifs is 1. The van der Waals surface area contributed by atoms with Gasteiger partial charge in [0, 0.05) is 45.1 Å². The molecule has 2 aromatic heterocycles. The van der Waals surface area contributed by atoms with E-state index in [4.69, 9.17) is 4.52 Å². The summed E-state index contributed by atoms with van der Waals surface area (Å²) in [5.41, 5.74) is 1.03. The van der Waals surface area contributed by atoms with Crippen molar-refractivity contribution in [3.05, 3.63) is 33.8 Å². The van der Waals surface area contributed by atoms with Crippen LogP contribution in [-0.2, 0) is 26.1 Å². The second-order valence-corrected chi connectivity index (χ2v) is 7.47. The van der Waals surface area contributed by atoms with Crippen molar-refractivity contribution in [1.82, 2.24) is 30.1 Å². The van der Waals surface area contributed by atoms with E-state index in [0.717, 1.165) is 62.3 Å². The first kappa shape index (κ1) is 24.4. The second-order valence-electron chi connectivity index (χ2n) is 7.47. The Bertz CT molecular complexity index is 867. The third kappa shape index (κ3) is 6.08. The van der Waals surface area contributed by atoms with Crippen LogP contribution >= 0.6 is 24.0 Å². The molecule has 0 atom stereocenters. The minimum Gasteiger partial charge on any atom is -0.359 e. The zero-order valence-corrected chi connectivity index (χ0v) is 20.5. The molecule has 0 fully saturated rings. The molecular weight excluding hydrogens is 497 g/mol. The number of halogens is 1. The van der Waals surface area contributed by atoms with Crippen molar-refractivity contribution in [2.45, 2.75) is 77.9 Å². The Kier molecular flexibility index (Phi) is 9.86. The highest BCUT2D eigenvalue weighted by Gasteiger charge is 2.16. The van der Waals surface area contributed by atoms with Gasteiger partial charge in [0.25, 0.3) is 0 Å².